The van der Waals surface area contributed by atoms with Gasteiger partial charge in [0, 0.05) is 44.6 Å². The summed E-state index contributed by atoms with van der Waals surface area (Å²) in [7, 11) is 1.68. The van der Waals surface area contributed by atoms with Crippen molar-refractivity contribution in [1.82, 2.24) is 9.80 Å². The van der Waals surface area contributed by atoms with E-state index in [2.05, 4.69) is 17.0 Å². The number of hydrogen-bond acceptors (Lipinski definition) is 4. The molecule has 2 aromatic rings. The van der Waals surface area contributed by atoms with Gasteiger partial charge in [-0.15, -0.1) is 0 Å². The Balaban J connectivity index is 1.26. The first-order chi connectivity index (χ1) is 12.2. The van der Waals surface area contributed by atoms with Crippen LogP contribution in [0.5, 0.6) is 5.75 Å². The van der Waals surface area contributed by atoms with Gasteiger partial charge in [0.25, 0.3) is 0 Å². The van der Waals surface area contributed by atoms with E-state index in [0.717, 1.165) is 50.7 Å². The highest BCUT2D eigenvalue weighted by Gasteiger charge is 2.47. The van der Waals surface area contributed by atoms with E-state index in [1.165, 1.54) is 5.56 Å². The third kappa shape index (κ3) is 3.56. The lowest BCUT2D eigenvalue weighted by molar-refractivity contribution is -0.134. The molecular weight excluding hydrogens is 316 g/mol. The monoisotopic (exact) mass is 340 g/mol. The molecule has 1 aliphatic carbocycles. The van der Waals surface area contributed by atoms with Gasteiger partial charge in [-0.25, -0.2) is 0 Å². The SMILES string of the molecule is COc1ccc(CN2CCN(C(=O)C3CC3c3ccco3)CC2)cc1. The summed E-state index contributed by atoms with van der Waals surface area (Å²) in [4.78, 5) is 17.1. The average Bonchev–Trinajstić information content (AvgIpc) is 3.27. The highest BCUT2D eigenvalue weighted by molar-refractivity contribution is 5.83. The van der Waals surface area contributed by atoms with Crippen molar-refractivity contribution in [2.24, 2.45) is 5.92 Å². The molecule has 0 N–H and O–H groups in total. The molecule has 2 unspecified atom stereocenters. The van der Waals surface area contributed by atoms with Crippen molar-refractivity contribution in [3.8, 4) is 5.75 Å². The smallest absolute Gasteiger partial charge is 0.226 e. The van der Waals surface area contributed by atoms with E-state index in [0.29, 0.717) is 11.8 Å². The minimum Gasteiger partial charge on any atom is -0.497 e. The Morgan fingerprint density at radius 2 is 1.92 bits per heavy atom. The predicted molar refractivity (Wildman–Crippen MR) is 94.4 cm³/mol. The Hall–Kier alpha value is -2.27. The molecule has 1 aromatic carbocycles. The zero-order chi connectivity index (χ0) is 17.2. The summed E-state index contributed by atoms with van der Waals surface area (Å²) in [5.74, 6) is 2.55. The largest absolute Gasteiger partial charge is 0.497 e. The second kappa shape index (κ2) is 6.92. The summed E-state index contributed by atoms with van der Waals surface area (Å²) in [5, 5.41) is 0. The van der Waals surface area contributed by atoms with Crippen LogP contribution in [0.4, 0.5) is 0 Å². The summed E-state index contributed by atoms with van der Waals surface area (Å²) in [6, 6.07) is 12.1. The minimum absolute atomic E-state index is 0.124. The fourth-order valence-corrected chi connectivity index (χ4v) is 3.63. The molecule has 2 heterocycles. The highest BCUT2D eigenvalue weighted by Crippen LogP contribution is 2.48. The maximum atomic E-state index is 12.7. The lowest BCUT2D eigenvalue weighted by Crippen LogP contribution is -2.48. The van der Waals surface area contributed by atoms with E-state index in [9.17, 15) is 4.79 Å². The van der Waals surface area contributed by atoms with Gasteiger partial charge in [0.15, 0.2) is 0 Å². The van der Waals surface area contributed by atoms with Crippen molar-refractivity contribution in [2.75, 3.05) is 33.3 Å². The van der Waals surface area contributed by atoms with Gasteiger partial charge in [-0.2, -0.15) is 0 Å². The Morgan fingerprint density at radius 3 is 2.56 bits per heavy atom. The van der Waals surface area contributed by atoms with Crippen molar-refractivity contribution in [3.05, 3.63) is 54.0 Å². The van der Waals surface area contributed by atoms with Gasteiger partial charge in [-0.3, -0.25) is 9.69 Å². The van der Waals surface area contributed by atoms with Gasteiger partial charge in [-0.1, -0.05) is 12.1 Å². The van der Waals surface area contributed by atoms with E-state index in [1.807, 2.05) is 29.2 Å². The van der Waals surface area contributed by atoms with Crippen LogP contribution in [0.1, 0.15) is 23.7 Å². The Labute approximate surface area is 148 Å². The Morgan fingerprint density at radius 1 is 1.16 bits per heavy atom. The first-order valence-corrected chi connectivity index (χ1v) is 8.92. The topological polar surface area (TPSA) is 45.9 Å². The van der Waals surface area contributed by atoms with Gasteiger partial charge < -0.3 is 14.1 Å². The van der Waals surface area contributed by atoms with Crippen molar-refractivity contribution < 1.29 is 13.9 Å². The Bertz CT molecular complexity index is 703. The van der Waals surface area contributed by atoms with E-state index < -0.39 is 0 Å². The van der Waals surface area contributed by atoms with Crippen molar-refractivity contribution >= 4 is 5.91 Å². The van der Waals surface area contributed by atoms with E-state index in [4.69, 9.17) is 9.15 Å². The highest BCUT2D eigenvalue weighted by atomic mass is 16.5. The molecule has 0 radical (unpaired) electrons. The third-order valence-electron chi connectivity index (χ3n) is 5.27. The van der Waals surface area contributed by atoms with Gasteiger partial charge in [0.2, 0.25) is 5.91 Å². The summed E-state index contributed by atoms with van der Waals surface area (Å²) in [6.07, 6.45) is 2.62. The number of furan rings is 1. The lowest BCUT2D eigenvalue weighted by atomic mass is 10.1. The lowest BCUT2D eigenvalue weighted by Gasteiger charge is -2.35. The molecule has 2 fully saturated rings. The maximum absolute atomic E-state index is 12.7. The molecule has 25 heavy (non-hydrogen) atoms. The molecule has 1 aromatic heterocycles. The first kappa shape index (κ1) is 16.2. The quantitative estimate of drug-likeness (QED) is 0.840. The maximum Gasteiger partial charge on any atom is 0.226 e. The molecule has 1 amide bonds. The fourth-order valence-electron chi connectivity index (χ4n) is 3.63. The summed E-state index contributed by atoms with van der Waals surface area (Å²) < 4.78 is 10.6. The number of benzene rings is 1. The van der Waals surface area contributed by atoms with Crippen LogP contribution >= 0.6 is 0 Å². The van der Waals surface area contributed by atoms with Crippen LogP contribution in [-0.2, 0) is 11.3 Å². The average molecular weight is 340 g/mol. The number of methoxy groups -OCH3 is 1. The van der Waals surface area contributed by atoms with Crippen molar-refractivity contribution in [1.29, 1.82) is 0 Å². The molecule has 2 aliphatic rings. The van der Waals surface area contributed by atoms with E-state index >= 15 is 0 Å². The van der Waals surface area contributed by atoms with Gasteiger partial charge in [0.05, 0.1) is 13.4 Å². The minimum atomic E-state index is 0.124. The molecule has 1 saturated heterocycles. The van der Waals surface area contributed by atoms with Crippen LogP contribution in [0, 0.1) is 5.92 Å². The number of nitrogens with zero attached hydrogens (tertiary/aromatic N) is 2. The number of carbonyl (C=O) groups excluding carboxylic acids is 1. The second-order valence-corrected chi connectivity index (χ2v) is 6.91. The molecule has 132 valence electrons. The number of rotatable bonds is 5. The number of piperazine rings is 1. The summed E-state index contributed by atoms with van der Waals surface area (Å²) in [6.45, 7) is 4.41. The van der Waals surface area contributed by atoms with Gasteiger partial charge in [0.1, 0.15) is 11.5 Å². The molecule has 0 spiro atoms. The molecule has 1 saturated carbocycles. The van der Waals surface area contributed by atoms with Crippen LogP contribution < -0.4 is 4.74 Å². The van der Waals surface area contributed by atoms with Crippen molar-refractivity contribution in [2.45, 2.75) is 18.9 Å². The van der Waals surface area contributed by atoms with E-state index in [1.54, 1.807) is 13.4 Å². The third-order valence-corrected chi connectivity index (χ3v) is 5.27. The second-order valence-electron chi connectivity index (χ2n) is 6.91. The molecule has 0 bridgehead atoms. The standard InChI is InChI=1S/C20H24N2O3/c1-24-16-6-4-15(5-7-16)14-21-8-10-22(11-9-21)20(23)18-13-17(18)19-3-2-12-25-19/h2-7,12,17-18H,8-11,13-14H2,1H3. The van der Waals surface area contributed by atoms with Crippen LogP contribution in [-0.4, -0.2) is 49.0 Å². The molecule has 4 rings (SSSR count). The number of amides is 1. The number of hydrogen-bond donors (Lipinski definition) is 0. The Kier molecular flexibility index (Phi) is 4.49. The molecule has 5 nitrogen and oxygen atoms in total. The van der Waals surface area contributed by atoms with Crippen LogP contribution in [0.25, 0.3) is 0 Å². The first-order valence-electron chi connectivity index (χ1n) is 8.92. The fraction of sp³-hybridized carbons (Fsp3) is 0.450. The van der Waals surface area contributed by atoms with Crippen LogP contribution in [0.15, 0.2) is 47.1 Å². The summed E-state index contributed by atoms with van der Waals surface area (Å²) >= 11 is 0. The number of carbonyl (C=O) groups is 1. The zero-order valence-corrected chi connectivity index (χ0v) is 14.6. The van der Waals surface area contributed by atoms with Gasteiger partial charge >= 0.3 is 0 Å². The number of ether oxygens (including phenoxy) is 1. The van der Waals surface area contributed by atoms with Crippen molar-refractivity contribution in [3.63, 3.8) is 0 Å². The molecule has 2 atom stereocenters. The molecule has 1 aliphatic heterocycles. The van der Waals surface area contributed by atoms with Crippen LogP contribution in [0.3, 0.4) is 0 Å². The molecule has 5 heteroatoms. The zero-order valence-electron chi connectivity index (χ0n) is 14.6. The van der Waals surface area contributed by atoms with Gasteiger partial charge in [-0.05, 0) is 36.2 Å². The van der Waals surface area contributed by atoms with Crippen LogP contribution in [0.2, 0.25) is 0 Å². The summed E-state index contributed by atoms with van der Waals surface area (Å²) in [5.41, 5.74) is 1.28. The molecular formula is C20H24N2O3. The van der Waals surface area contributed by atoms with E-state index in [-0.39, 0.29) is 5.92 Å². The normalized spacial score (nSPS) is 23.5. The predicted octanol–water partition coefficient (Wildman–Crippen LogP) is 2.74.